The summed E-state index contributed by atoms with van der Waals surface area (Å²) in [4.78, 5) is 20.2. The number of amides is 1. The van der Waals surface area contributed by atoms with Crippen molar-refractivity contribution in [3.8, 4) is 0 Å². The number of hydrogen-bond donors (Lipinski definition) is 1. The number of aromatic nitrogens is 1. The van der Waals surface area contributed by atoms with Crippen molar-refractivity contribution in [2.24, 2.45) is 0 Å². The number of aromatic amines is 1. The Balaban J connectivity index is 1.43. The van der Waals surface area contributed by atoms with E-state index in [1.165, 1.54) is 23.3 Å². The Morgan fingerprint density at radius 2 is 2.00 bits per heavy atom. The third-order valence-electron chi connectivity index (χ3n) is 5.49. The van der Waals surface area contributed by atoms with Crippen LogP contribution in [0.2, 0.25) is 0 Å². The molecule has 27 heavy (non-hydrogen) atoms. The number of rotatable bonds is 4. The van der Waals surface area contributed by atoms with E-state index in [-0.39, 0.29) is 17.8 Å². The lowest BCUT2D eigenvalue weighted by molar-refractivity contribution is -0.136. The number of nitrogens with zero attached hydrogens (tertiary/aromatic N) is 2. The Bertz CT molecular complexity index is 981. The molecule has 0 spiro atoms. The van der Waals surface area contributed by atoms with Crippen molar-refractivity contribution in [3.63, 3.8) is 0 Å². The van der Waals surface area contributed by atoms with Crippen LogP contribution in [-0.2, 0) is 24.3 Å². The maximum Gasteiger partial charge on any atom is 0.239 e. The van der Waals surface area contributed by atoms with E-state index >= 15 is 0 Å². The molecule has 1 aliphatic heterocycles. The zero-order valence-electron chi connectivity index (χ0n) is 15.7. The van der Waals surface area contributed by atoms with Crippen LogP contribution >= 0.6 is 0 Å². The van der Waals surface area contributed by atoms with Crippen LogP contribution in [0, 0.1) is 5.82 Å². The molecule has 4 rings (SSSR count). The quantitative estimate of drug-likeness (QED) is 0.766. The molecule has 1 unspecified atom stereocenters. The zero-order valence-corrected chi connectivity index (χ0v) is 15.7. The molecule has 4 nitrogen and oxygen atoms in total. The van der Waals surface area contributed by atoms with Gasteiger partial charge in [-0.2, -0.15) is 0 Å². The van der Waals surface area contributed by atoms with Crippen molar-refractivity contribution in [2.75, 3.05) is 13.6 Å². The first-order valence-electron chi connectivity index (χ1n) is 9.34. The number of benzene rings is 2. The van der Waals surface area contributed by atoms with Crippen LogP contribution in [0.25, 0.3) is 10.9 Å². The van der Waals surface area contributed by atoms with Crippen molar-refractivity contribution in [2.45, 2.75) is 32.5 Å². The highest BCUT2D eigenvalue weighted by Crippen LogP contribution is 2.22. The van der Waals surface area contributed by atoms with Crippen LogP contribution in [0.15, 0.2) is 48.5 Å². The van der Waals surface area contributed by atoms with Gasteiger partial charge in [0.15, 0.2) is 0 Å². The van der Waals surface area contributed by atoms with Crippen LogP contribution in [0.4, 0.5) is 4.39 Å². The van der Waals surface area contributed by atoms with Gasteiger partial charge in [-0.3, -0.25) is 9.69 Å². The molecule has 140 valence electrons. The molecular weight excluding hydrogens is 341 g/mol. The highest BCUT2D eigenvalue weighted by atomic mass is 19.1. The summed E-state index contributed by atoms with van der Waals surface area (Å²) in [5.74, 6) is -0.157. The third kappa shape index (κ3) is 3.60. The second-order valence-electron chi connectivity index (χ2n) is 7.39. The summed E-state index contributed by atoms with van der Waals surface area (Å²) in [5.41, 5.74) is 4.48. The smallest absolute Gasteiger partial charge is 0.239 e. The number of carbonyl (C=O) groups excluding carboxylic acids is 1. The summed E-state index contributed by atoms with van der Waals surface area (Å²) in [6, 6.07) is 14.8. The molecule has 0 aliphatic carbocycles. The van der Waals surface area contributed by atoms with E-state index in [1.807, 2.05) is 20.0 Å². The topological polar surface area (TPSA) is 39.3 Å². The average Bonchev–Trinajstić information content (AvgIpc) is 3.07. The van der Waals surface area contributed by atoms with Crippen LogP contribution in [0.5, 0.6) is 0 Å². The summed E-state index contributed by atoms with van der Waals surface area (Å²) < 4.78 is 13.4. The van der Waals surface area contributed by atoms with Gasteiger partial charge >= 0.3 is 0 Å². The van der Waals surface area contributed by atoms with E-state index in [0.717, 1.165) is 36.1 Å². The molecule has 1 N–H and O–H groups in total. The van der Waals surface area contributed by atoms with Gasteiger partial charge in [0.1, 0.15) is 5.82 Å². The van der Waals surface area contributed by atoms with E-state index in [4.69, 9.17) is 0 Å². The SMILES string of the molecule is CC(C(=O)N(C)Cc1cc2cc(F)ccc2[nH]1)N1CCc2ccccc2C1. The van der Waals surface area contributed by atoms with Crippen LogP contribution in [0.1, 0.15) is 23.7 Å². The Labute approximate surface area is 158 Å². The Morgan fingerprint density at radius 1 is 1.22 bits per heavy atom. The van der Waals surface area contributed by atoms with E-state index in [1.54, 1.807) is 11.0 Å². The largest absolute Gasteiger partial charge is 0.357 e. The predicted molar refractivity (Wildman–Crippen MR) is 105 cm³/mol. The van der Waals surface area contributed by atoms with Gasteiger partial charge in [0.05, 0.1) is 12.6 Å². The van der Waals surface area contributed by atoms with Gasteiger partial charge < -0.3 is 9.88 Å². The summed E-state index contributed by atoms with van der Waals surface area (Å²) in [5, 5.41) is 0.825. The lowest BCUT2D eigenvalue weighted by Gasteiger charge is -2.34. The first-order valence-corrected chi connectivity index (χ1v) is 9.34. The first kappa shape index (κ1) is 17.7. The van der Waals surface area contributed by atoms with E-state index in [2.05, 4.69) is 34.1 Å². The van der Waals surface area contributed by atoms with Gasteiger partial charge in [0.2, 0.25) is 5.91 Å². The normalized spacial score (nSPS) is 15.5. The van der Waals surface area contributed by atoms with Crippen molar-refractivity contribution in [1.29, 1.82) is 0 Å². The summed E-state index contributed by atoms with van der Waals surface area (Å²) in [7, 11) is 1.82. The monoisotopic (exact) mass is 365 g/mol. The fraction of sp³-hybridized carbons (Fsp3) is 0.318. The molecule has 1 amide bonds. The number of likely N-dealkylation sites (N-methyl/N-ethyl adjacent to an activating group) is 1. The molecule has 0 saturated carbocycles. The number of halogens is 1. The van der Waals surface area contributed by atoms with E-state index < -0.39 is 0 Å². The Kier molecular flexibility index (Phi) is 4.70. The molecule has 1 aromatic heterocycles. The molecule has 0 fully saturated rings. The third-order valence-corrected chi connectivity index (χ3v) is 5.49. The van der Waals surface area contributed by atoms with Gasteiger partial charge in [-0.05, 0) is 48.7 Å². The maximum absolute atomic E-state index is 13.4. The van der Waals surface area contributed by atoms with Crippen molar-refractivity contribution in [3.05, 3.63) is 71.2 Å². The number of carbonyl (C=O) groups is 1. The lowest BCUT2D eigenvalue weighted by atomic mass is 9.98. The lowest BCUT2D eigenvalue weighted by Crippen LogP contribution is -2.47. The molecule has 2 heterocycles. The molecule has 1 aliphatic rings. The first-order chi connectivity index (χ1) is 13.0. The van der Waals surface area contributed by atoms with Crippen molar-refractivity contribution < 1.29 is 9.18 Å². The van der Waals surface area contributed by atoms with Crippen LogP contribution < -0.4 is 0 Å². The fourth-order valence-corrected chi connectivity index (χ4v) is 3.91. The second kappa shape index (κ2) is 7.16. The molecule has 2 aromatic carbocycles. The molecule has 1 atom stereocenters. The number of fused-ring (bicyclic) bond motifs is 2. The minimum atomic E-state index is -0.253. The van der Waals surface area contributed by atoms with Crippen molar-refractivity contribution >= 4 is 16.8 Å². The minimum Gasteiger partial charge on any atom is -0.357 e. The van der Waals surface area contributed by atoms with Crippen molar-refractivity contribution in [1.82, 2.24) is 14.8 Å². The molecule has 3 aromatic rings. The average molecular weight is 365 g/mol. The summed E-state index contributed by atoms with van der Waals surface area (Å²) >= 11 is 0. The van der Waals surface area contributed by atoms with Crippen LogP contribution in [-0.4, -0.2) is 40.3 Å². The molecule has 0 radical (unpaired) electrons. The Hall–Kier alpha value is -2.66. The number of hydrogen-bond acceptors (Lipinski definition) is 2. The van der Waals surface area contributed by atoms with E-state index in [9.17, 15) is 9.18 Å². The Morgan fingerprint density at radius 3 is 2.81 bits per heavy atom. The minimum absolute atomic E-state index is 0.0965. The second-order valence-corrected chi connectivity index (χ2v) is 7.39. The van der Waals surface area contributed by atoms with Gasteiger partial charge in [-0.15, -0.1) is 0 Å². The highest BCUT2D eigenvalue weighted by Gasteiger charge is 2.27. The fourth-order valence-electron chi connectivity index (χ4n) is 3.91. The van der Waals surface area contributed by atoms with Gasteiger partial charge in [-0.25, -0.2) is 4.39 Å². The highest BCUT2D eigenvalue weighted by molar-refractivity contribution is 5.82. The van der Waals surface area contributed by atoms with Crippen LogP contribution in [0.3, 0.4) is 0 Å². The summed E-state index contributed by atoms with van der Waals surface area (Å²) in [6.07, 6.45) is 0.977. The molecule has 0 bridgehead atoms. The van der Waals surface area contributed by atoms with Gasteiger partial charge in [-0.1, -0.05) is 24.3 Å². The van der Waals surface area contributed by atoms with Gasteiger partial charge in [0, 0.05) is 36.7 Å². The molecular formula is C22H24FN3O. The van der Waals surface area contributed by atoms with E-state index in [0.29, 0.717) is 6.54 Å². The predicted octanol–water partition coefficient (Wildman–Crippen LogP) is 3.71. The number of nitrogens with one attached hydrogen (secondary N) is 1. The molecule has 0 saturated heterocycles. The van der Waals surface area contributed by atoms with Gasteiger partial charge in [0.25, 0.3) is 0 Å². The molecule has 5 heteroatoms. The number of H-pyrrole nitrogens is 1. The zero-order chi connectivity index (χ0) is 19.0. The standard InChI is InChI=1S/C22H24FN3O/c1-15(26-10-9-16-5-3-4-6-17(16)13-26)22(27)25(2)14-20-12-18-11-19(23)7-8-21(18)24-20/h3-8,11-12,15,24H,9-10,13-14H2,1-2H3. The maximum atomic E-state index is 13.4. The summed E-state index contributed by atoms with van der Waals surface area (Å²) in [6.45, 7) is 4.16.